The quantitative estimate of drug-likeness (QED) is 0.843. The minimum absolute atomic E-state index is 0.0958. The molecule has 0 radical (unpaired) electrons. The van der Waals surface area contributed by atoms with Crippen LogP contribution < -0.4 is 5.32 Å². The van der Waals surface area contributed by atoms with Gasteiger partial charge in [0, 0.05) is 17.8 Å². The third kappa shape index (κ3) is 4.91. The first-order valence-corrected chi connectivity index (χ1v) is 7.53. The molecule has 2 N–H and O–H groups in total. The third-order valence-corrected chi connectivity index (χ3v) is 4.49. The minimum Gasteiger partial charge on any atom is -0.388 e. The van der Waals surface area contributed by atoms with Crippen molar-refractivity contribution in [3.05, 3.63) is 16.1 Å². The van der Waals surface area contributed by atoms with E-state index in [0.717, 1.165) is 10.7 Å². The van der Waals surface area contributed by atoms with E-state index in [1.54, 1.807) is 18.3 Å². The topological polar surface area (TPSA) is 62.2 Å². The molecule has 5 heteroatoms. The van der Waals surface area contributed by atoms with Crippen molar-refractivity contribution in [2.24, 2.45) is 5.92 Å². The molecule has 1 unspecified atom stereocenters. The highest BCUT2D eigenvalue weighted by Gasteiger charge is 2.25. The highest BCUT2D eigenvalue weighted by Crippen LogP contribution is 2.19. The van der Waals surface area contributed by atoms with Crippen molar-refractivity contribution in [3.8, 4) is 0 Å². The van der Waals surface area contributed by atoms with Crippen molar-refractivity contribution < 1.29 is 9.90 Å². The number of thiazole rings is 1. The van der Waals surface area contributed by atoms with Gasteiger partial charge in [0.2, 0.25) is 5.91 Å². The molecular weight excluding hydrogens is 260 g/mol. The molecule has 0 fully saturated rings. The van der Waals surface area contributed by atoms with Gasteiger partial charge < -0.3 is 10.4 Å². The molecule has 0 aliphatic heterocycles. The maximum Gasteiger partial charge on any atom is 0.226 e. The molecule has 0 aliphatic rings. The number of rotatable bonds is 6. The number of carbonyl (C=O) groups is 1. The maximum atomic E-state index is 11.8. The molecule has 0 saturated carbocycles. The van der Waals surface area contributed by atoms with E-state index in [-0.39, 0.29) is 24.8 Å². The summed E-state index contributed by atoms with van der Waals surface area (Å²) in [6, 6.07) is 0. The fourth-order valence-electron chi connectivity index (χ4n) is 1.38. The summed E-state index contributed by atoms with van der Waals surface area (Å²) in [5.74, 6) is 0.393. The largest absolute Gasteiger partial charge is 0.388 e. The Morgan fingerprint density at radius 2 is 2.11 bits per heavy atom. The smallest absolute Gasteiger partial charge is 0.226 e. The summed E-state index contributed by atoms with van der Waals surface area (Å²) < 4.78 is 0. The van der Waals surface area contributed by atoms with Crippen LogP contribution in [-0.2, 0) is 11.2 Å². The van der Waals surface area contributed by atoms with Crippen LogP contribution in [0.2, 0.25) is 0 Å². The lowest BCUT2D eigenvalue weighted by Crippen LogP contribution is -2.44. The second-order valence-corrected chi connectivity index (χ2v) is 6.69. The van der Waals surface area contributed by atoms with Crippen molar-refractivity contribution in [1.29, 1.82) is 0 Å². The highest BCUT2D eigenvalue weighted by molar-refractivity contribution is 7.09. The van der Waals surface area contributed by atoms with Crippen LogP contribution in [0.3, 0.4) is 0 Å². The van der Waals surface area contributed by atoms with Gasteiger partial charge in [-0.3, -0.25) is 4.79 Å². The number of amides is 1. The van der Waals surface area contributed by atoms with Crippen molar-refractivity contribution in [2.45, 2.75) is 52.6 Å². The maximum absolute atomic E-state index is 11.8. The van der Waals surface area contributed by atoms with Crippen molar-refractivity contribution in [2.75, 3.05) is 6.54 Å². The van der Waals surface area contributed by atoms with E-state index in [0.29, 0.717) is 5.92 Å². The first kappa shape index (κ1) is 16.1. The molecule has 0 saturated heterocycles. The van der Waals surface area contributed by atoms with Gasteiger partial charge in [-0.05, 0) is 12.8 Å². The van der Waals surface area contributed by atoms with Gasteiger partial charge in [-0.15, -0.1) is 11.3 Å². The van der Waals surface area contributed by atoms with Crippen molar-refractivity contribution in [3.63, 3.8) is 0 Å². The number of carbonyl (C=O) groups excluding carboxylic acids is 1. The first-order chi connectivity index (χ1) is 8.72. The molecule has 0 bridgehead atoms. The second kappa shape index (κ2) is 6.48. The van der Waals surface area contributed by atoms with E-state index >= 15 is 0 Å². The van der Waals surface area contributed by atoms with E-state index in [2.05, 4.69) is 24.1 Å². The Labute approximate surface area is 119 Å². The lowest BCUT2D eigenvalue weighted by atomic mass is 9.92. The normalized spacial score (nSPS) is 14.7. The lowest BCUT2D eigenvalue weighted by Gasteiger charge is -2.27. The van der Waals surface area contributed by atoms with Crippen LogP contribution in [0.4, 0.5) is 0 Å². The molecule has 1 aromatic rings. The van der Waals surface area contributed by atoms with Crippen LogP contribution in [0, 0.1) is 5.92 Å². The van der Waals surface area contributed by atoms with Crippen LogP contribution in [0.15, 0.2) is 5.38 Å². The van der Waals surface area contributed by atoms with Crippen LogP contribution in [-0.4, -0.2) is 28.1 Å². The first-order valence-electron chi connectivity index (χ1n) is 6.65. The third-order valence-electron chi connectivity index (χ3n) is 3.29. The number of aliphatic hydroxyl groups is 1. The van der Waals surface area contributed by atoms with Crippen LogP contribution in [0.25, 0.3) is 0 Å². The Balaban J connectivity index is 2.47. The Bertz CT molecular complexity index is 425. The predicted molar refractivity (Wildman–Crippen MR) is 78.4 cm³/mol. The molecule has 0 spiro atoms. The van der Waals surface area contributed by atoms with Gasteiger partial charge in [0.1, 0.15) is 0 Å². The lowest BCUT2D eigenvalue weighted by molar-refractivity contribution is -0.122. The fourth-order valence-corrected chi connectivity index (χ4v) is 2.21. The van der Waals surface area contributed by atoms with E-state index in [1.165, 1.54) is 0 Å². The zero-order valence-corrected chi connectivity index (χ0v) is 13.2. The fraction of sp³-hybridized carbons (Fsp3) is 0.714. The number of aromatic nitrogens is 1. The number of nitrogens with one attached hydrogen (secondary N) is 1. The molecule has 1 amide bonds. The monoisotopic (exact) mass is 284 g/mol. The van der Waals surface area contributed by atoms with Crippen molar-refractivity contribution >= 4 is 17.2 Å². The Hall–Kier alpha value is -0.940. The van der Waals surface area contributed by atoms with E-state index in [1.807, 2.05) is 19.2 Å². The van der Waals surface area contributed by atoms with Crippen LogP contribution >= 0.6 is 11.3 Å². The summed E-state index contributed by atoms with van der Waals surface area (Å²) in [4.78, 5) is 16.2. The summed E-state index contributed by atoms with van der Waals surface area (Å²) in [7, 11) is 0. The molecule has 0 aromatic carbocycles. The van der Waals surface area contributed by atoms with E-state index in [4.69, 9.17) is 0 Å². The second-order valence-electron chi connectivity index (χ2n) is 5.80. The van der Waals surface area contributed by atoms with E-state index in [9.17, 15) is 9.90 Å². The molecular formula is C14H24N2O2S. The van der Waals surface area contributed by atoms with Gasteiger partial charge in [-0.2, -0.15) is 0 Å². The number of hydrogen-bond donors (Lipinski definition) is 2. The predicted octanol–water partition coefficient (Wildman–Crippen LogP) is 2.33. The van der Waals surface area contributed by atoms with E-state index < -0.39 is 5.60 Å². The zero-order chi connectivity index (χ0) is 14.6. The molecule has 1 atom stereocenters. The standard InChI is InChI=1S/C14H24N2O2S/c1-9(2)13-16-11(7-19-13)6-12(17)15-8-14(5,18)10(3)4/h7,9-10,18H,6,8H2,1-5H3,(H,15,17). The molecule has 19 heavy (non-hydrogen) atoms. The van der Waals surface area contributed by atoms with Crippen molar-refractivity contribution in [1.82, 2.24) is 10.3 Å². The van der Waals surface area contributed by atoms with Gasteiger partial charge in [-0.25, -0.2) is 4.98 Å². The molecule has 0 aliphatic carbocycles. The molecule has 1 aromatic heterocycles. The summed E-state index contributed by atoms with van der Waals surface area (Å²) >= 11 is 1.59. The van der Waals surface area contributed by atoms with Gasteiger partial charge in [0.25, 0.3) is 0 Å². The number of hydrogen-bond acceptors (Lipinski definition) is 4. The highest BCUT2D eigenvalue weighted by atomic mass is 32.1. The van der Waals surface area contributed by atoms with Gasteiger partial charge in [0.15, 0.2) is 0 Å². The van der Waals surface area contributed by atoms with Gasteiger partial charge in [-0.1, -0.05) is 27.7 Å². The Kier molecular flexibility index (Phi) is 5.50. The average Bonchev–Trinajstić information content (AvgIpc) is 2.75. The molecule has 4 nitrogen and oxygen atoms in total. The molecule has 1 rings (SSSR count). The summed E-state index contributed by atoms with van der Waals surface area (Å²) in [6.45, 7) is 10.0. The van der Waals surface area contributed by atoms with Gasteiger partial charge >= 0.3 is 0 Å². The Morgan fingerprint density at radius 3 is 2.58 bits per heavy atom. The number of nitrogens with zero attached hydrogens (tertiary/aromatic N) is 1. The summed E-state index contributed by atoms with van der Waals surface area (Å²) in [6.07, 6.45) is 0.275. The van der Waals surface area contributed by atoms with Crippen LogP contribution in [0.5, 0.6) is 0 Å². The van der Waals surface area contributed by atoms with Crippen LogP contribution in [0.1, 0.15) is 51.2 Å². The minimum atomic E-state index is -0.874. The molecule has 108 valence electrons. The zero-order valence-electron chi connectivity index (χ0n) is 12.4. The summed E-state index contributed by atoms with van der Waals surface area (Å²) in [5, 5.41) is 15.8. The molecule has 1 heterocycles. The SMILES string of the molecule is CC(C)c1nc(CC(=O)NCC(C)(O)C(C)C)cs1. The Morgan fingerprint density at radius 1 is 1.47 bits per heavy atom. The average molecular weight is 284 g/mol. The van der Waals surface area contributed by atoms with Gasteiger partial charge in [0.05, 0.1) is 22.7 Å². The summed E-state index contributed by atoms with van der Waals surface area (Å²) in [5.41, 5.74) is -0.0729.